The van der Waals surface area contributed by atoms with Crippen LogP contribution in [0, 0.1) is 11.3 Å². The lowest BCUT2D eigenvalue weighted by Crippen LogP contribution is -2.74. The van der Waals surface area contributed by atoms with Gasteiger partial charge in [0.05, 0.1) is 25.9 Å². The van der Waals surface area contributed by atoms with E-state index in [0.717, 1.165) is 84.4 Å². The van der Waals surface area contributed by atoms with Crippen molar-refractivity contribution >= 4 is 28.5 Å². The quantitative estimate of drug-likeness (QED) is 0.260. The summed E-state index contributed by atoms with van der Waals surface area (Å²) in [6.45, 7) is 8.06. The second-order valence-electron chi connectivity index (χ2n) is 17.3. The van der Waals surface area contributed by atoms with E-state index in [0.29, 0.717) is 25.8 Å². The van der Waals surface area contributed by atoms with Crippen LogP contribution in [0.5, 0.6) is 0 Å². The van der Waals surface area contributed by atoms with Crippen molar-refractivity contribution in [3.8, 4) is 0 Å². The minimum Gasteiger partial charge on any atom is -0.468 e. The molecule has 0 amide bonds. The van der Waals surface area contributed by atoms with Crippen LogP contribution in [0.4, 0.5) is 5.69 Å². The number of aromatic amines is 1. The topological polar surface area (TPSA) is 119 Å². The standard InChI is InChI=1S/C43H54N4O6/c1-6-39-16-10-18-47-20-17-41(35(39)47)31-21-28(13-14-33(31)45(3)36(41)43(51,25-39)38(49)53-5)42(37(48)52-4)23-27-22-40(50,7-2)26-46(24-27)19-15-30-29-11-8-9-12-32(29)44-34(30)42/h8-14,16,21,27,35-36,44,50-51H,6-7,15,17-20,22-26H2,1-5H3/t27-,35-,36+,39-,40-,41+,42-,43+/m0/s1. The van der Waals surface area contributed by atoms with Crippen molar-refractivity contribution in [2.24, 2.45) is 11.3 Å². The molecule has 3 aromatic rings. The van der Waals surface area contributed by atoms with Gasteiger partial charge in [0.15, 0.2) is 5.60 Å². The molecule has 10 heteroatoms. The first kappa shape index (κ1) is 35.0. The van der Waals surface area contributed by atoms with Crippen LogP contribution in [0.2, 0.25) is 0 Å². The molecule has 1 spiro atoms. The summed E-state index contributed by atoms with van der Waals surface area (Å²) in [4.78, 5) is 39.8. The van der Waals surface area contributed by atoms with Crippen LogP contribution >= 0.6 is 0 Å². The fourth-order valence-corrected chi connectivity index (χ4v) is 12.9. The molecule has 10 nitrogen and oxygen atoms in total. The van der Waals surface area contributed by atoms with Crippen LogP contribution < -0.4 is 4.90 Å². The molecule has 6 aliphatic rings. The second kappa shape index (κ2) is 11.9. The summed E-state index contributed by atoms with van der Waals surface area (Å²) in [6.07, 6.45) is 8.70. The zero-order valence-electron chi connectivity index (χ0n) is 31.8. The number of fused-ring (bicyclic) bond motifs is 6. The molecule has 53 heavy (non-hydrogen) atoms. The Kier molecular flexibility index (Phi) is 7.86. The zero-order valence-corrected chi connectivity index (χ0v) is 31.8. The Morgan fingerprint density at radius 1 is 0.981 bits per heavy atom. The maximum atomic E-state index is 15.0. The Morgan fingerprint density at radius 3 is 2.53 bits per heavy atom. The number of likely N-dealkylation sites (N-methyl/N-ethyl adjacent to an activating group) is 1. The SMILES string of the molecule is CC[C@]1(O)C[C@@H]2CN(CCc3c([nH]c4ccccc34)[C@@](C(=O)OC)(c3ccc4c(c3)[C@@]35CCN6CC=C[C@@](CC)(C[C@](O)(C(=O)OC)[C@@H]3N4C)[C@H]65)C2)C1. The van der Waals surface area contributed by atoms with Gasteiger partial charge in [-0.3, -0.25) is 14.6 Å². The third kappa shape index (κ3) is 4.52. The largest absolute Gasteiger partial charge is 0.468 e. The van der Waals surface area contributed by atoms with Crippen molar-refractivity contribution < 1.29 is 29.3 Å². The molecule has 9 rings (SSSR count). The molecule has 1 aromatic heterocycles. The number of methoxy groups -OCH3 is 2. The molecule has 3 fully saturated rings. The van der Waals surface area contributed by atoms with Gasteiger partial charge in [0, 0.05) is 72.4 Å². The Morgan fingerprint density at radius 2 is 1.77 bits per heavy atom. The lowest BCUT2D eigenvalue weighted by Gasteiger charge is -2.60. The predicted molar refractivity (Wildman–Crippen MR) is 203 cm³/mol. The van der Waals surface area contributed by atoms with E-state index >= 15 is 4.79 Å². The average molecular weight is 723 g/mol. The second-order valence-corrected chi connectivity index (χ2v) is 17.3. The molecular formula is C43H54N4O6. The number of para-hydroxylation sites is 1. The van der Waals surface area contributed by atoms with Crippen molar-refractivity contribution in [1.82, 2.24) is 14.8 Å². The first-order valence-corrected chi connectivity index (χ1v) is 19.7. The van der Waals surface area contributed by atoms with E-state index in [4.69, 9.17) is 9.47 Å². The van der Waals surface area contributed by atoms with Gasteiger partial charge < -0.3 is 29.6 Å². The van der Waals surface area contributed by atoms with Crippen molar-refractivity contribution in [3.63, 3.8) is 0 Å². The lowest BCUT2D eigenvalue weighted by molar-refractivity contribution is -0.181. The molecule has 282 valence electrons. The minimum atomic E-state index is -1.76. The van der Waals surface area contributed by atoms with Gasteiger partial charge in [-0.25, -0.2) is 4.79 Å². The summed E-state index contributed by atoms with van der Waals surface area (Å²) in [5.74, 6) is -0.902. The van der Waals surface area contributed by atoms with Crippen molar-refractivity contribution in [3.05, 3.63) is 77.0 Å². The molecule has 5 aliphatic heterocycles. The molecular weight excluding hydrogens is 668 g/mol. The number of aromatic nitrogens is 1. The number of esters is 2. The number of H-pyrrole nitrogens is 1. The van der Waals surface area contributed by atoms with Crippen molar-refractivity contribution in [2.75, 3.05) is 58.9 Å². The highest BCUT2D eigenvalue weighted by molar-refractivity contribution is 5.94. The molecule has 2 bridgehead atoms. The minimum absolute atomic E-state index is 0.0179. The summed E-state index contributed by atoms with van der Waals surface area (Å²) in [5, 5.41) is 25.8. The monoisotopic (exact) mass is 722 g/mol. The van der Waals surface area contributed by atoms with E-state index in [9.17, 15) is 15.0 Å². The first-order valence-electron chi connectivity index (χ1n) is 19.7. The first-order chi connectivity index (χ1) is 25.4. The molecule has 1 unspecified atom stereocenters. The molecule has 9 atom stereocenters. The van der Waals surface area contributed by atoms with Gasteiger partial charge >= 0.3 is 11.9 Å². The third-order valence-corrected chi connectivity index (χ3v) is 14.9. The number of nitrogens with zero attached hydrogens (tertiary/aromatic N) is 3. The maximum Gasteiger partial charge on any atom is 0.340 e. The Labute approximate surface area is 312 Å². The Bertz CT molecular complexity index is 2030. The fraction of sp³-hybridized carbons (Fsp3) is 0.581. The average Bonchev–Trinajstić information content (AvgIpc) is 3.83. The van der Waals surface area contributed by atoms with Crippen LogP contribution in [-0.2, 0) is 36.3 Å². The van der Waals surface area contributed by atoms with Gasteiger partial charge in [-0.15, -0.1) is 0 Å². The van der Waals surface area contributed by atoms with Gasteiger partial charge in [-0.05, 0) is 86.2 Å². The van der Waals surface area contributed by atoms with Crippen LogP contribution in [0.1, 0.15) is 74.8 Å². The molecule has 3 N–H and O–H groups in total. The van der Waals surface area contributed by atoms with Gasteiger partial charge in [-0.1, -0.05) is 56.3 Å². The van der Waals surface area contributed by atoms with E-state index in [1.807, 2.05) is 13.1 Å². The summed E-state index contributed by atoms with van der Waals surface area (Å²) >= 11 is 0. The molecule has 6 heterocycles. The van der Waals surface area contributed by atoms with E-state index in [1.54, 1.807) is 0 Å². The normalized spacial score (nSPS) is 38.6. The lowest BCUT2D eigenvalue weighted by atomic mass is 9.49. The summed E-state index contributed by atoms with van der Waals surface area (Å²) in [6, 6.07) is 14.2. The van der Waals surface area contributed by atoms with E-state index in [2.05, 4.69) is 82.1 Å². The third-order valence-electron chi connectivity index (χ3n) is 14.9. The van der Waals surface area contributed by atoms with E-state index in [1.165, 1.54) is 14.2 Å². The van der Waals surface area contributed by atoms with Gasteiger partial charge in [-0.2, -0.15) is 0 Å². The summed E-state index contributed by atoms with van der Waals surface area (Å²) < 4.78 is 11.3. The predicted octanol–water partition coefficient (Wildman–Crippen LogP) is 4.44. The molecule has 1 saturated carbocycles. The number of carbonyl (C=O) groups is 2. The number of piperidine rings is 1. The van der Waals surface area contributed by atoms with Crippen molar-refractivity contribution in [1.29, 1.82) is 0 Å². The van der Waals surface area contributed by atoms with Crippen molar-refractivity contribution in [2.45, 2.75) is 92.9 Å². The van der Waals surface area contributed by atoms with Gasteiger partial charge in [0.1, 0.15) is 5.41 Å². The van der Waals surface area contributed by atoms with Crippen LogP contribution in [-0.4, -0.2) is 114 Å². The number of hydrogen-bond acceptors (Lipinski definition) is 9. The van der Waals surface area contributed by atoms with Gasteiger partial charge in [0.2, 0.25) is 0 Å². The van der Waals surface area contributed by atoms with Gasteiger partial charge in [0.25, 0.3) is 0 Å². The number of anilines is 1. The van der Waals surface area contributed by atoms with E-state index in [-0.39, 0.29) is 24.3 Å². The van der Waals surface area contributed by atoms with Crippen LogP contribution in [0.3, 0.4) is 0 Å². The Balaban J connectivity index is 1.31. The van der Waals surface area contributed by atoms with E-state index < -0.39 is 39.5 Å². The highest BCUT2D eigenvalue weighted by atomic mass is 16.5. The molecule has 2 saturated heterocycles. The van der Waals surface area contributed by atoms with Crippen LogP contribution in [0.15, 0.2) is 54.6 Å². The summed E-state index contributed by atoms with van der Waals surface area (Å²) in [7, 11) is 4.86. The number of hydrogen-bond donors (Lipinski definition) is 3. The number of aliphatic hydroxyl groups is 2. The Hall–Kier alpha value is -3.70. The highest BCUT2D eigenvalue weighted by Crippen LogP contribution is 2.67. The smallest absolute Gasteiger partial charge is 0.340 e. The number of ether oxygens (including phenoxy) is 2. The fourth-order valence-electron chi connectivity index (χ4n) is 12.9. The number of nitrogens with one attached hydrogen (secondary N) is 1. The zero-order chi connectivity index (χ0) is 37.1. The number of benzene rings is 2. The maximum absolute atomic E-state index is 15.0. The highest BCUT2D eigenvalue weighted by Gasteiger charge is 2.75. The summed E-state index contributed by atoms with van der Waals surface area (Å²) in [5.41, 5.74) is 0.960. The molecule has 2 aromatic carbocycles. The number of carbonyl (C=O) groups excluding carboxylic acids is 2. The molecule has 1 aliphatic carbocycles. The van der Waals surface area contributed by atoms with Crippen LogP contribution in [0.25, 0.3) is 10.9 Å². The number of rotatable bonds is 5. The molecule has 0 radical (unpaired) electrons.